The van der Waals surface area contributed by atoms with Gasteiger partial charge in [0.05, 0.1) is 23.5 Å². The highest BCUT2D eigenvalue weighted by Crippen LogP contribution is 2.32. The molecule has 0 saturated heterocycles. The molecule has 0 unspecified atom stereocenters. The summed E-state index contributed by atoms with van der Waals surface area (Å²) in [6, 6.07) is 0. The van der Waals surface area contributed by atoms with Gasteiger partial charge in [0, 0.05) is 0 Å². The molecule has 0 aliphatic carbocycles. The van der Waals surface area contributed by atoms with Gasteiger partial charge in [-0.2, -0.15) is 0 Å². The molecule has 0 N–H and O–H groups in total. The smallest absolute Gasteiger partial charge is 0.337 e. The molecule has 0 aromatic heterocycles. The fourth-order valence-electron chi connectivity index (χ4n) is 1.43. The molecule has 0 amide bonds. The van der Waals surface area contributed by atoms with Crippen molar-refractivity contribution in [3.63, 3.8) is 0 Å². The number of hydrogen-bond acceptors (Lipinski definition) is 8. The van der Waals surface area contributed by atoms with E-state index < -0.39 is 23.0 Å². The number of rotatable bonds is 7. The molecular formula is C12H16N2O4S2. The standard InChI is InChI=1S/C12H16N2O4S2/c1-5-17-9(15)11(3,13-7-19)12(4,14-8-20)10(16)18-6-2/h5-6H2,1-4H3/t11-,12-/m1/s1. The molecule has 2 atom stereocenters. The number of esters is 2. The Balaban J connectivity index is 6.04. The molecular weight excluding hydrogens is 300 g/mol. The van der Waals surface area contributed by atoms with E-state index in [1.807, 2.05) is 0 Å². The van der Waals surface area contributed by atoms with Gasteiger partial charge in [-0.3, -0.25) is 0 Å². The monoisotopic (exact) mass is 316 g/mol. The van der Waals surface area contributed by atoms with Gasteiger partial charge in [-0.05, 0) is 52.1 Å². The third-order valence-electron chi connectivity index (χ3n) is 2.83. The first-order chi connectivity index (χ1) is 9.33. The zero-order valence-corrected chi connectivity index (χ0v) is 13.4. The third-order valence-corrected chi connectivity index (χ3v) is 3.01. The Hall–Kier alpha value is -1.46. The summed E-state index contributed by atoms with van der Waals surface area (Å²) in [4.78, 5) is 31.9. The SMILES string of the molecule is CCOC(=O)[C@@](C)(N=C=S)[C@](C)(N=C=S)C(=O)OCC. The Morgan fingerprint density at radius 2 is 1.25 bits per heavy atom. The van der Waals surface area contributed by atoms with Crippen molar-refractivity contribution in [3.05, 3.63) is 0 Å². The van der Waals surface area contributed by atoms with Gasteiger partial charge in [-0.1, -0.05) is 0 Å². The van der Waals surface area contributed by atoms with Crippen LogP contribution in [-0.2, 0) is 19.1 Å². The zero-order chi connectivity index (χ0) is 15.8. The van der Waals surface area contributed by atoms with E-state index in [0.717, 1.165) is 0 Å². The van der Waals surface area contributed by atoms with Crippen molar-refractivity contribution in [1.82, 2.24) is 0 Å². The van der Waals surface area contributed by atoms with Crippen LogP contribution in [0.5, 0.6) is 0 Å². The van der Waals surface area contributed by atoms with E-state index in [4.69, 9.17) is 9.47 Å². The Bertz CT molecular complexity index is 440. The van der Waals surface area contributed by atoms with E-state index in [2.05, 4.69) is 44.7 Å². The van der Waals surface area contributed by atoms with E-state index in [-0.39, 0.29) is 13.2 Å². The van der Waals surface area contributed by atoms with Crippen molar-refractivity contribution < 1.29 is 19.1 Å². The minimum absolute atomic E-state index is 0.113. The average molecular weight is 316 g/mol. The highest BCUT2D eigenvalue weighted by molar-refractivity contribution is 7.78. The van der Waals surface area contributed by atoms with Gasteiger partial charge in [0.15, 0.2) is 0 Å². The third kappa shape index (κ3) is 3.55. The van der Waals surface area contributed by atoms with Crippen LogP contribution in [0.1, 0.15) is 27.7 Å². The fraction of sp³-hybridized carbons (Fsp3) is 0.667. The average Bonchev–Trinajstić information content (AvgIpc) is 2.39. The largest absolute Gasteiger partial charge is 0.464 e. The molecule has 0 spiro atoms. The van der Waals surface area contributed by atoms with Gasteiger partial charge in [0.1, 0.15) is 0 Å². The van der Waals surface area contributed by atoms with E-state index in [1.165, 1.54) is 13.8 Å². The number of hydrogen-bond donors (Lipinski definition) is 0. The number of thiocarbonyl (C=S) groups is 2. The summed E-state index contributed by atoms with van der Waals surface area (Å²) in [7, 11) is 0. The second kappa shape index (κ2) is 7.97. The quantitative estimate of drug-likeness (QED) is 0.405. The van der Waals surface area contributed by atoms with Gasteiger partial charge in [-0.25, -0.2) is 19.6 Å². The molecule has 110 valence electrons. The Labute approximate surface area is 128 Å². The Kier molecular flexibility index (Phi) is 7.39. The molecule has 20 heavy (non-hydrogen) atoms. The second-order valence-corrected chi connectivity index (χ2v) is 4.36. The lowest BCUT2D eigenvalue weighted by molar-refractivity contribution is -0.162. The highest BCUT2D eigenvalue weighted by atomic mass is 32.1. The molecule has 0 radical (unpaired) electrons. The molecule has 0 aliphatic heterocycles. The lowest BCUT2D eigenvalue weighted by atomic mass is 9.80. The molecule has 0 aromatic carbocycles. The molecule has 8 heteroatoms. The second-order valence-electron chi connectivity index (χ2n) is 3.99. The molecule has 0 saturated carbocycles. The molecule has 0 fully saturated rings. The normalized spacial score (nSPS) is 15.6. The maximum absolute atomic E-state index is 12.2. The van der Waals surface area contributed by atoms with Gasteiger partial charge < -0.3 is 9.47 Å². The van der Waals surface area contributed by atoms with Crippen LogP contribution in [0.25, 0.3) is 0 Å². The maximum Gasteiger partial charge on any atom is 0.337 e. The molecule has 6 nitrogen and oxygen atoms in total. The summed E-state index contributed by atoms with van der Waals surface area (Å²) in [5.74, 6) is -1.55. The van der Waals surface area contributed by atoms with Crippen molar-refractivity contribution in [3.8, 4) is 0 Å². The predicted octanol–water partition coefficient (Wildman–Crippen LogP) is 1.84. The van der Waals surface area contributed by atoms with Crippen molar-refractivity contribution in [2.75, 3.05) is 13.2 Å². The topological polar surface area (TPSA) is 77.3 Å². The molecule has 0 heterocycles. The lowest BCUT2D eigenvalue weighted by Gasteiger charge is -2.34. The lowest BCUT2D eigenvalue weighted by Crippen LogP contribution is -2.59. The van der Waals surface area contributed by atoms with Crippen molar-refractivity contribution >= 4 is 46.7 Å². The van der Waals surface area contributed by atoms with E-state index in [0.29, 0.717) is 0 Å². The van der Waals surface area contributed by atoms with Crippen LogP contribution in [0.2, 0.25) is 0 Å². The summed E-state index contributed by atoms with van der Waals surface area (Å²) in [6.07, 6.45) is 0. The Morgan fingerprint density at radius 3 is 1.45 bits per heavy atom. The number of nitrogens with zero attached hydrogens (tertiary/aromatic N) is 2. The van der Waals surface area contributed by atoms with Gasteiger partial charge >= 0.3 is 11.9 Å². The Morgan fingerprint density at radius 1 is 0.950 bits per heavy atom. The molecule has 0 aromatic rings. The van der Waals surface area contributed by atoms with Crippen LogP contribution in [0, 0.1) is 0 Å². The number of carbonyl (C=O) groups is 2. The minimum atomic E-state index is -1.73. The number of ether oxygens (including phenoxy) is 2. The zero-order valence-electron chi connectivity index (χ0n) is 11.8. The fourth-order valence-corrected chi connectivity index (χ4v) is 1.80. The van der Waals surface area contributed by atoms with Crippen LogP contribution < -0.4 is 0 Å². The molecule has 0 aliphatic rings. The highest BCUT2D eigenvalue weighted by Gasteiger charge is 2.58. The molecule has 0 bridgehead atoms. The number of carbonyl (C=O) groups excluding carboxylic acids is 2. The molecule has 0 rings (SSSR count). The summed E-state index contributed by atoms with van der Waals surface area (Å²) >= 11 is 9.09. The van der Waals surface area contributed by atoms with Crippen molar-refractivity contribution in [2.45, 2.75) is 38.8 Å². The summed E-state index contributed by atoms with van der Waals surface area (Å²) in [6.45, 7) is 6.20. The van der Waals surface area contributed by atoms with Crippen molar-refractivity contribution in [1.29, 1.82) is 0 Å². The first-order valence-electron chi connectivity index (χ1n) is 5.86. The van der Waals surface area contributed by atoms with Crippen LogP contribution in [0.3, 0.4) is 0 Å². The predicted molar refractivity (Wildman–Crippen MR) is 80.1 cm³/mol. The van der Waals surface area contributed by atoms with E-state index in [9.17, 15) is 9.59 Å². The number of aliphatic imine (C=N–C) groups is 2. The van der Waals surface area contributed by atoms with Crippen LogP contribution in [-0.4, -0.2) is 46.6 Å². The summed E-state index contributed by atoms with van der Waals surface area (Å²) in [5, 5.41) is 4.17. The van der Waals surface area contributed by atoms with Crippen LogP contribution >= 0.6 is 24.4 Å². The summed E-state index contributed by atoms with van der Waals surface area (Å²) in [5.41, 5.74) is -3.47. The number of isothiocyanates is 2. The van der Waals surface area contributed by atoms with Gasteiger partial charge in [0.25, 0.3) is 0 Å². The van der Waals surface area contributed by atoms with Crippen LogP contribution in [0.15, 0.2) is 9.98 Å². The van der Waals surface area contributed by atoms with E-state index >= 15 is 0 Å². The first-order valence-corrected chi connectivity index (χ1v) is 6.68. The summed E-state index contributed by atoms with van der Waals surface area (Å²) < 4.78 is 9.86. The maximum atomic E-state index is 12.2. The van der Waals surface area contributed by atoms with Gasteiger partial charge in [0.2, 0.25) is 11.1 Å². The minimum Gasteiger partial charge on any atom is -0.464 e. The van der Waals surface area contributed by atoms with Gasteiger partial charge in [-0.15, -0.1) is 0 Å². The van der Waals surface area contributed by atoms with Crippen LogP contribution in [0.4, 0.5) is 0 Å². The van der Waals surface area contributed by atoms with E-state index in [1.54, 1.807) is 13.8 Å². The van der Waals surface area contributed by atoms with Crippen molar-refractivity contribution in [2.24, 2.45) is 9.98 Å². The first kappa shape index (κ1) is 18.5.